The van der Waals surface area contributed by atoms with Gasteiger partial charge < -0.3 is 29.9 Å². The molecular weight excluding hydrogens is 616 g/mol. The second-order valence-electron chi connectivity index (χ2n) is 15.9. The Bertz CT molecular complexity index is 1670. The fourth-order valence-electron chi connectivity index (χ4n) is 11.2. The van der Waals surface area contributed by atoms with Crippen LogP contribution < -0.4 is 14.8 Å². The Labute approximate surface area is 290 Å². The van der Waals surface area contributed by atoms with E-state index in [2.05, 4.69) is 37.4 Å². The molecule has 6 aliphatic carbocycles. The molecule has 8 unspecified atom stereocenters. The van der Waals surface area contributed by atoms with Crippen LogP contribution in [-0.2, 0) is 0 Å². The zero-order valence-corrected chi connectivity index (χ0v) is 29.6. The number of fused-ring (bicyclic) bond motifs is 1. The van der Waals surface area contributed by atoms with E-state index in [1.54, 1.807) is 19.1 Å². The van der Waals surface area contributed by atoms with Gasteiger partial charge in [-0.2, -0.15) is 0 Å². The molecule has 0 aromatic heterocycles. The number of carbonyl (C=O) groups is 2. The van der Waals surface area contributed by atoms with Crippen LogP contribution >= 0.6 is 0 Å². The molecule has 2 amide bonds. The molecule has 2 aromatic carbocycles. The topological polar surface area (TPSA) is 108 Å². The summed E-state index contributed by atoms with van der Waals surface area (Å²) in [6, 6.07) is 14.4. The van der Waals surface area contributed by atoms with E-state index in [1.807, 2.05) is 55.5 Å². The third-order valence-electron chi connectivity index (χ3n) is 13.9. The van der Waals surface area contributed by atoms with Crippen LogP contribution in [-0.4, -0.2) is 65.9 Å². The molecule has 8 nitrogen and oxygen atoms in total. The molecule has 49 heavy (non-hydrogen) atoms. The van der Waals surface area contributed by atoms with Crippen molar-refractivity contribution in [2.45, 2.75) is 83.8 Å². The summed E-state index contributed by atoms with van der Waals surface area (Å²) >= 11 is 0. The number of Topliss-reactive ketones (excluding diaryl/α,β-unsaturated/α-hetero) is 1. The predicted molar refractivity (Wildman–Crippen MR) is 190 cm³/mol. The molecule has 8 heteroatoms. The van der Waals surface area contributed by atoms with Gasteiger partial charge in [0.25, 0.3) is 0 Å². The van der Waals surface area contributed by atoms with Gasteiger partial charge in [-0.1, -0.05) is 39.0 Å². The number of aliphatic hydroxyl groups is 2. The molecule has 6 aliphatic rings. The summed E-state index contributed by atoms with van der Waals surface area (Å²) in [5.74, 6) is 1.64. The van der Waals surface area contributed by atoms with Gasteiger partial charge in [-0.25, -0.2) is 4.79 Å². The van der Waals surface area contributed by atoms with E-state index in [9.17, 15) is 19.8 Å². The van der Waals surface area contributed by atoms with Crippen molar-refractivity contribution in [1.29, 1.82) is 0 Å². The van der Waals surface area contributed by atoms with Crippen LogP contribution in [0.4, 0.5) is 10.5 Å². The largest absolute Gasteiger partial charge is 0.497 e. The summed E-state index contributed by atoms with van der Waals surface area (Å²) in [5, 5.41) is 26.9. The third-order valence-corrected chi connectivity index (χ3v) is 13.9. The first-order valence-electron chi connectivity index (χ1n) is 18.1. The first-order chi connectivity index (χ1) is 23.4. The molecule has 3 saturated carbocycles. The molecule has 0 heterocycles. The highest BCUT2D eigenvalue weighted by molar-refractivity contribution is 6.10. The van der Waals surface area contributed by atoms with Crippen molar-refractivity contribution >= 4 is 17.5 Å². The number of hydrogen-bond acceptors (Lipinski definition) is 6. The molecule has 2 bridgehead atoms. The number of aliphatic hydroxyl groups excluding tert-OH is 1. The predicted octanol–water partition coefficient (Wildman–Crippen LogP) is 7.42. The molecule has 3 N–H and O–H groups in total. The summed E-state index contributed by atoms with van der Waals surface area (Å²) in [5.41, 5.74) is -0.630. The van der Waals surface area contributed by atoms with Gasteiger partial charge in [-0.3, -0.25) is 4.79 Å². The summed E-state index contributed by atoms with van der Waals surface area (Å²) in [4.78, 5) is 30.3. The van der Waals surface area contributed by atoms with Gasteiger partial charge >= 0.3 is 6.03 Å². The van der Waals surface area contributed by atoms with Crippen molar-refractivity contribution in [3.05, 3.63) is 77.9 Å². The van der Waals surface area contributed by atoms with Crippen molar-refractivity contribution < 1.29 is 29.3 Å². The Hall–Kier alpha value is -3.62. The highest BCUT2D eigenvalue weighted by atomic mass is 16.5. The number of carbonyl (C=O) groups excluding carboxylic acids is 2. The van der Waals surface area contributed by atoms with Crippen LogP contribution in [0.3, 0.4) is 0 Å². The Morgan fingerprint density at radius 3 is 2.14 bits per heavy atom. The van der Waals surface area contributed by atoms with Crippen molar-refractivity contribution in [1.82, 2.24) is 4.90 Å². The number of benzene rings is 2. The Balaban J connectivity index is 1.26. The number of nitrogens with zero attached hydrogens (tertiary/aromatic N) is 1. The normalized spacial score (nSPS) is 37.0. The molecule has 262 valence electrons. The molecule has 0 radical (unpaired) electrons. The van der Waals surface area contributed by atoms with Crippen molar-refractivity contribution in [2.24, 2.45) is 33.5 Å². The molecule has 8 rings (SSSR count). The second-order valence-corrected chi connectivity index (χ2v) is 15.9. The Morgan fingerprint density at radius 2 is 1.49 bits per heavy atom. The lowest BCUT2D eigenvalue weighted by atomic mass is 9.32. The third kappa shape index (κ3) is 4.91. The van der Waals surface area contributed by atoms with Crippen LogP contribution in [0, 0.1) is 33.5 Å². The van der Waals surface area contributed by atoms with Gasteiger partial charge in [0.05, 0.1) is 32.5 Å². The summed E-state index contributed by atoms with van der Waals surface area (Å²) in [6.45, 7) is 7.39. The quantitative estimate of drug-likeness (QED) is 0.190. The zero-order valence-electron chi connectivity index (χ0n) is 29.6. The van der Waals surface area contributed by atoms with E-state index in [-0.39, 0.29) is 35.6 Å². The lowest BCUT2D eigenvalue weighted by molar-refractivity contribution is -0.174. The number of anilines is 1. The first kappa shape index (κ1) is 33.9. The van der Waals surface area contributed by atoms with E-state index in [0.717, 1.165) is 44.1 Å². The fourth-order valence-corrected chi connectivity index (χ4v) is 11.2. The van der Waals surface area contributed by atoms with Gasteiger partial charge in [0.1, 0.15) is 11.5 Å². The minimum Gasteiger partial charge on any atom is -0.497 e. The standard InChI is InChI=1S/C41H52N2O6/c1-6-23-43(36(46)42-28-9-13-31(49-5)14-10-28)26-40(47)20-17-34-38(40,3)19-16-33-37(2)18-15-29(44)24-39(37)21-22-41(33,34)32(25-39)35(45)27-7-11-30(48-4)12-8-27/h7-14,21-22,25,29,33-34,44,47H,6,15-20,23-24,26H2,1-5H3,(H,42,46). The van der Waals surface area contributed by atoms with Gasteiger partial charge in [0.2, 0.25) is 0 Å². The summed E-state index contributed by atoms with van der Waals surface area (Å²) in [6.07, 6.45) is 12.5. The van der Waals surface area contributed by atoms with E-state index in [1.165, 1.54) is 0 Å². The van der Waals surface area contributed by atoms with Crippen LogP contribution in [0.25, 0.3) is 0 Å². The number of allylic oxidation sites excluding steroid dienone is 4. The van der Waals surface area contributed by atoms with Crippen LogP contribution in [0.15, 0.2) is 72.3 Å². The van der Waals surface area contributed by atoms with Gasteiger partial charge in [-0.15, -0.1) is 0 Å². The van der Waals surface area contributed by atoms with Gasteiger partial charge in [-0.05, 0) is 117 Å². The molecule has 3 fully saturated rings. The van der Waals surface area contributed by atoms with Crippen LogP contribution in [0.5, 0.6) is 11.5 Å². The smallest absolute Gasteiger partial charge is 0.321 e. The number of amides is 2. The first-order valence-corrected chi connectivity index (χ1v) is 18.1. The number of methoxy groups -OCH3 is 2. The van der Waals surface area contributed by atoms with Crippen LogP contribution in [0.2, 0.25) is 0 Å². The number of urea groups is 1. The fraction of sp³-hybridized carbons (Fsp3) is 0.561. The maximum absolute atomic E-state index is 14.8. The SMILES string of the molecule is CCCN(CC1(O)CCC2C34C=CC5(C=C3C(=O)c3ccc(OC)cc3)CC(O)CCC5(C)C4CCC21C)C(=O)Nc1ccc(OC)cc1. The van der Waals surface area contributed by atoms with E-state index in [0.29, 0.717) is 42.1 Å². The maximum Gasteiger partial charge on any atom is 0.321 e. The van der Waals surface area contributed by atoms with Crippen molar-refractivity contribution in [3.8, 4) is 11.5 Å². The number of ether oxygens (including phenoxy) is 2. The van der Waals surface area contributed by atoms with E-state index >= 15 is 0 Å². The van der Waals surface area contributed by atoms with Gasteiger partial charge in [0, 0.05) is 39.6 Å². The summed E-state index contributed by atoms with van der Waals surface area (Å²) in [7, 11) is 3.23. The van der Waals surface area contributed by atoms with Crippen molar-refractivity contribution in [3.63, 3.8) is 0 Å². The monoisotopic (exact) mass is 668 g/mol. The number of ketones is 1. The number of nitrogens with one attached hydrogen (secondary N) is 1. The Morgan fingerprint density at radius 1 is 0.878 bits per heavy atom. The average molecular weight is 669 g/mol. The minimum absolute atomic E-state index is 0.00329. The molecule has 2 aromatic rings. The minimum atomic E-state index is -1.14. The lowest BCUT2D eigenvalue weighted by Gasteiger charge is -2.71. The molecule has 2 spiro atoms. The number of rotatable bonds is 9. The van der Waals surface area contributed by atoms with E-state index < -0.39 is 27.9 Å². The number of hydrogen-bond donors (Lipinski definition) is 3. The van der Waals surface area contributed by atoms with Gasteiger partial charge in [0.15, 0.2) is 5.78 Å². The molecule has 8 atom stereocenters. The highest BCUT2D eigenvalue weighted by Crippen LogP contribution is 2.78. The van der Waals surface area contributed by atoms with E-state index in [4.69, 9.17) is 9.47 Å². The maximum atomic E-state index is 14.8. The molecular formula is C41H52N2O6. The molecule has 0 aliphatic heterocycles. The molecule has 0 saturated heterocycles. The summed E-state index contributed by atoms with van der Waals surface area (Å²) < 4.78 is 10.7. The average Bonchev–Trinajstić information content (AvgIpc) is 3.37. The lowest BCUT2D eigenvalue weighted by Crippen LogP contribution is -2.67. The Kier molecular flexibility index (Phi) is 8.30. The highest BCUT2D eigenvalue weighted by Gasteiger charge is 2.74. The zero-order chi connectivity index (χ0) is 34.8. The van der Waals surface area contributed by atoms with Crippen molar-refractivity contribution in [2.75, 3.05) is 32.6 Å². The second kappa shape index (κ2) is 12.0. The van der Waals surface area contributed by atoms with Crippen LogP contribution in [0.1, 0.15) is 82.5 Å².